The van der Waals surface area contributed by atoms with Gasteiger partial charge < -0.3 is 10.4 Å². The Bertz CT molecular complexity index is 1210. The summed E-state index contributed by atoms with van der Waals surface area (Å²) in [6, 6.07) is 14.2. The summed E-state index contributed by atoms with van der Waals surface area (Å²) in [5, 5.41) is 15.7. The predicted octanol–water partition coefficient (Wildman–Crippen LogP) is 5.06. The highest BCUT2D eigenvalue weighted by molar-refractivity contribution is 8.18. The van der Waals surface area contributed by atoms with E-state index in [9.17, 15) is 9.59 Å². The number of carbonyl (C=O) groups excluding carboxylic acids is 1. The number of fused-ring (bicyclic) bond motifs is 1. The first-order valence-electron chi connectivity index (χ1n) is 8.42. The standard InChI is InChI=1S/C20H13ClN4O3S/c21-14-10-13(23-20(27)28)4-6-16(14)24-19-25-18(26)17(29-19)9-11-3-5-15-12(8-11)2-1-7-22-15/h1-10,23H,(H,27,28)(H,24,25,26)/b17-9-. The molecule has 0 unspecified atom stereocenters. The van der Waals surface area contributed by atoms with Gasteiger partial charge in [-0.25, -0.2) is 4.79 Å². The molecule has 9 heteroatoms. The van der Waals surface area contributed by atoms with Crippen molar-refractivity contribution in [1.82, 2.24) is 4.98 Å². The highest BCUT2D eigenvalue weighted by atomic mass is 35.5. The molecule has 2 heterocycles. The number of rotatable bonds is 3. The molecule has 144 valence electrons. The zero-order chi connectivity index (χ0) is 20.4. The van der Waals surface area contributed by atoms with Crippen molar-refractivity contribution in [3.05, 3.63) is 70.2 Å². The average Bonchev–Trinajstić information content (AvgIpc) is 3.02. The largest absolute Gasteiger partial charge is 0.465 e. The number of hydrogen-bond acceptors (Lipinski definition) is 5. The van der Waals surface area contributed by atoms with Crippen LogP contribution in [-0.4, -0.2) is 27.3 Å². The molecule has 0 atom stereocenters. The molecule has 1 aliphatic rings. The van der Waals surface area contributed by atoms with Gasteiger partial charge in [0.15, 0.2) is 5.17 Å². The maximum Gasteiger partial charge on any atom is 0.409 e. The number of aliphatic imine (C=N–C) groups is 1. The Morgan fingerprint density at radius 3 is 2.83 bits per heavy atom. The van der Waals surface area contributed by atoms with Crippen LogP contribution in [0, 0.1) is 0 Å². The Labute approximate surface area is 174 Å². The molecule has 4 rings (SSSR count). The first-order chi connectivity index (χ1) is 14.0. The molecule has 1 aliphatic heterocycles. The second-order valence-electron chi connectivity index (χ2n) is 6.04. The number of anilines is 2. The molecule has 2 amide bonds. The van der Waals surface area contributed by atoms with Gasteiger partial charge in [-0.15, -0.1) is 0 Å². The number of halogens is 1. The van der Waals surface area contributed by atoms with Crippen molar-refractivity contribution in [2.24, 2.45) is 4.99 Å². The molecule has 7 nitrogen and oxygen atoms in total. The van der Waals surface area contributed by atoms with E-state index in [-0.39, 0.29) is 5.91 Å². The smallest absolute Gasteiger partial charge is 0.409 e. The van der Waals surface area contributed by atoms with Gasteiger partial charge in [0, 0.05) is 17.3 Å². The second-order valence-corrected chi connectivity index (χ2v) is 7.48. The SMILES string of the molecule is O=C(O)Nc1ccc(NC2=NC(=O)/C(=C/c3ccc4ncccc4c3)S2)c(Cl)c1. The molecule has 29 heavy (non-hydrogen) atoms. The predicted molar refractivity (Wildman–Crippen MR) is 116 cm³/mol. The summed E-state index contributed by atoms with van der Waals surface area (Å²) in [5.41, 5.74) is 2.62. The Balaban J connectivity index is 1.50. The van der Waals surface area contributed by atoms with E-state index in [0.29, 0.717) is 26.5 Å². The maximum atomic E-state index is 12.3. The van der Waals surface area contributed by atoms with Crippen LogP contribution in [0.4, 0.5) is 16.2 Å². The normalized spacial score (nSPS) is 14.9. The fraction of sp³-hybridized carbons (Fsp3) is 0. The summed E-state index contributed by atoms with van der Waals surface area (Å²) in [6.07, 6.45) is 2.33. The molecule has 0 aliphatic carbocycles. The molecule has 0 fully saturated rings. The van der Waals surface area contributed by atoms with Gasteiger partial charge in [-0.2, -0.15) is 4.99 Å². The van der Waals surface area contributed by atoms with E-state index in [1.54, 1.807) is 24.4 Å². The zero-order valence-corrected chi connectivity index (χ0v) is 16.3. The highest BCUT2D eigenvalue weighted by Crippen LogP contribution is 2.32. The van der Waals surface area contributed by atoms with Crippen molar-refractivity contribution in [1.29, 1.82) is 0 Å². The number of nitrogens with zero attached hydrogens (tertiary/aromatic N) is 2. The lowest BCUT2D eigenvalue weighted by atomic mass is 10.1. The number of carbonyl (C=O) groups is 2. The van der Waals surface area contributed by atoms with Gasteiger partial charge in [-0.3, -0.25) is 15.1 Å². The Morgan fingerprint density at radius 1 is 1.17 bits per heavy atom. The number of nitrogens with one attached hydrogen (secondary N) is 2. The van der Waals surface area contributed by atoms with Crippen LogP contribution in [0.25, 0.3) is 17.0 Å². The van der Waals surface area contributed by atoms with E-state index in [4.69, 9.17) is 16.7 Å². The third kappa shape index (κ3) is 4.39. The average molecular weight is 425 g/mol. The van der Waals surface area contributed by atoms with Crippen molar-refractivity contribution < 1.29 is 14.7 Å². The molecule has 0 saturated heterocycles. The fourth-order valence-electron chi connectivity index (χ4n) is 2.73. The topological polar surface area (TPSA) is 104 Å². The monoisotopic (exact) mass is 424 g/mol. The van der Waals surface area contributed by atoms with Crippen LogP contribution in [0.3, 0.4) is 0 Å². The fourth-order valence-corrected chi connectivity index (χ4v) is 3.78. The van der Waals surface area contributed by atoms with Gasteiger partial charge in [-0.05, 0) is 59.8 Å². The first-order valence-corrected chi connectivity index (χ1v) is 9.61. The minimum Gasteiger partial charge on any atom is -0.465 e. The molecule has 0 radical (unpaired) electrons. The molecule has 3 aromatic rings. The van der Waals surface area contributed by atoms with Crippen LogP contribution in [0.5, 0.6) is 0 Å². The van der Waals surface area contributed by atoms with Gasteiger partial charge in [-0.1, -0.05) is 23.7 Å². The molecular formula is C20H13ClN4O3S. The summed E-state index contributed by atoms with van der Waals surface area (Å²) in [7, 11) is 0. The quantitative estimate of drug-likeness (QED) is 0.507. The Hall–Kier alpha value is -3.36. The molecular weight excluding hydrogens is 412 g/mol. The number of benzene rings is 2. The van der Waals surface area contributed by atoms with Crippen LogP contribution < -0.4 is 10.6 Å². The third-order valence-corrected chi connectivity index (χ3v) is 5.22. The van der Waals surface area contributed by atoms with Crippen LogP contribution in [0.2, 0.25) is 5.02 Å². The highest BCUT2D eigenvalue weighted by Gasteiger charge is 2.22. The minimum atomic E-state index is -1.18. The summed E-state index contributed by atoms with van der Waals surface area (Å²) >= 11 is 7.39. The number of amides is 2. The van der Waals surface area contributed by atoms with Gasteiger partial charge in [0.1, 0.15) is 0 Å². The molecule has 3 N–H and O–H groups in total. The first kappa shape index (κ1) is 19.0. The minimum absolute atomic E-state index is 0.298. The molecule has 0 bridgehead atoms. The summed E-state index contributed by atoms with van der Waals surface area (Å²) in [6.45, 7) is 0. The number of hydrogen-bond donors (Lipinski definition) is 3. The summed E-state index contributed by atoms with van der Waals surface area (Å²) in [5.74, 6) is -0.343. The molecule has 0 saturated carbocycles. The van der Waals surface area contributed by atoms with E-state index in [0.717, 1.165) is 16.5 Å². The van der Waals surface area contributed by atoms with E-state index >= 15 is 0 Å². The van der Waals surface area contributed by atoms with Crippen LogP contribution in [0.15, 0.2) is 64.6 Å². The summed E-state index contributed by atoms with van der Waals surface area (Å²) < 4.78 is 0. The lowest BCUT2D eigenvalue weighted by molar-refractivity contribution is -0.113. The number of carboxylic acid groups (broad SMARTS) is 1. The third-order valence-electron chi connectivity index (χ3n) is 4.01. The van der Waals surface area contributed by atoms with Gasteiger partial charge in [0.05, 0.1) is 21.1 Å². The van der Waals surface area contributed by atoms with Crippen LogP contribution in [0.1, 0.15) is 5.56 Å². The number of pyridine rings is 1. The van der Waals surface area contributed by atoms with E-state index in [1.165, 1.54) is 17.8 Å². The van der Waals surface area contributed by atoms with Gasteiger partial charge in [0.2, 0.25) is 0 Å². The van der Waals surface area contributed by atoms with Crippen molar-refractivity contribution >= 4 is 68.9 Å². The van der Waals surface area contributed by atoms with Crippen molar-refractivity contribution in [2.45, 2.75) is 0 Å². The number of aromatic nitrogens is 1. The summed E-state index contributed by atoms with van der Waals surface area (Å²) in [4.78, 5) is 31.7. The number of thioether (sulfide) groups is 1. The second kappa shape index (κ2) is 7.94. The lowest BCUT2D eigenvalue weighted by Gasteiger charge is -2.09. The van der Waals surface area contributed by atoms with Gasteiger partial charge in [0.25, 0.3) is 5.91 Å². The van der Waals surface area contributed by atoms with Crippen molar-refractivity contribution in [3.8, 4) is 0 Å². The Morgan fingerprint density at radius 2 is 2.03 bits per heavy atom. The van der Waals surface area contributed by atoms with E-state index < -0.39 is 6.09 Å². The van der Waals surface area contributed by atoms with Crippen molar-refractivity contribution in [3.63, 3.8) is 0 Å². The number of amidine groups is 1. The molecule has 1 aromatic heterocycles. The van der Waals surface area contributed by atoms with Crippen LogP contribution >= 0.6 is 23.4 Å². The van der Waals surface area contributed by atoms with Gasteiger partial charge >= 0.3 is 6.09 Å². The Kier molecular flexibility index (Phi) is 5.20. The van der Waals surface area contributed by atoms with Crippen molar-refractivity contribution in [2.75, 3.05) is 10.6 Å². The molecule has 2 aromatic carbocycles. The van der Waals surface area contributed by atoms with Crippen LogP contribution in [-0.2, 0) is 4.79 Å². The molecule has 0 spiro atoms. The lowest BCUT2D eigenvalue weighted by Crippen LogP contribution is -2.08. The zero-order valence-electron chi connectivity index (χ0n) is 14.7. The maximum absolute atomic E-state index is 12.3. The van der Waals surface area contributed by atoms with E-state index in [1.807, 2.05) is 30.3 Å². The van der Waals surface area contributed by atoms with E-state index in [2.05, 4.69) is 20.6 Å².